The Morgan fingerprint density at radius 3 is 2.06 bits per heavy atom. The predicted octanol–water partition coefficient (Wildman–Crippen LogP) is 4.72. The van der Waals surface area contributed by atoms with Crippen molar-refractivity contribution < 1.29 is 38.3 Å². The van der Waals surface area contributed by atoms with Gasteiger partial charge in [-0.25, -0.2) is 4.57 Å². The van der Waals surface area contributed by atoms with Crippen molar-refractivity contribution in [2.75, 3.05) is 26.4 Å². The molecule has 3 atom stereocenters. The van der Waals surface area contributed by atoms with Crippen LogP contribution in [0.1, 0.15) is 84.0 Å². The molecule has 34 heavy (non-hydrogen) atoms. The summed E-state index contributed by atoms with van der Waals surface area (Å²) in [6, 6.07) is -1.43. The molecule has 0 heterocycles. The van der Waals surface area contributed by atoms with Crippen molar-refractivity contribution in [3.63, 3.8) is 0 Å². The summed E-state index contributed by atoms with van der Waals surface area (Å²) in [5, 5.41) is 18.0. The van der Waals surface area contributed by atoms with Gasteiger partial charge in [0.25, 0.3) is 0 Å². The number of nitrogens with two attached hydrogens (primary N) is 1. The first-order valence-corrected chi connectivity index (χ1v) is 13.9. The summed E-state index contributed by atoms with van der Waals surface area (Å²) in [6.45, 7) is 1.23. The number of carboxylic acid groups (broad SMARTS) is 1. The Balaban J connectivity index is 3.65. The SMILES string of the molecule is CCCCCC=CCC=CCCCCCCCCO[C@@H](CO)COP(=O)(O)OC[C@H](N)C(=O)O. The first-order chi connectivity index (χ1) is 16.3. The first-order valence-electron chi connectivity index (χ1n) is 12.4. The molecule has 0 bridgehead atoms. The van der Waals surface area contributed by atoms with Crippen LogP contribution in [0.15, 0.2) is 24.3 Å². The number of allylic oxidation sites excluding steroid dienone is 4. The van der Waals surface area contributed by atoms with Crippen LogP contribution < -0.4 is 5.73 Å². The summed E-state index contributed by atoms with van der Waals surface area (Å²) in [5.74, 6) is -1.36. The lowest BCUT2D eigenvalue weighted by Crippen LogP contribution is -2.34. The van der Waals surface area contributed by atoms with E-state index in [1.165, 1.54) is 44.9 Å². The highest BCUT2D eigenvalue weighted by Gasteiger charge is 2.26. The number of aliphatic hydroxyl groups excluding tert-OH is 1. The van der Waals surface area contributed by atoms with Crippen molar-refractivity contribution in [2.45, 2.75) is 96.1 Å². The maximum atomic E-state index is 11.7. The number of phosphoric ester groups is 1. The number of aliphatic carboxylic acids is 1. The average Bonchev–Trinajstić information content (AvgIpc) is 2.81. The number of hydrogen-bond donors (Lipinski definition) is 4. The van der Waals surface area contributed by atoms with Crippen LogP contribution >= 0.6 is 7.82 Å². The molecule has 0 aromatic heterocycles. The molecular weight excluding hydrogens is 461 g/mol. The fraction of sp³-hybridized carbons (Fsp3) is 0.792. The van der Waals surface area contributed by atoms with E-state index in [0.29, 0.717) is 6.61 Å². The third kappa shape index (κ3) is 21.5. The van der Waals surface area contributed by atoms with Gasteiger partial charge in [-0.05, 0) is 38.5 Å². The van der Waals surface area contributed by atoms with Gasteiger partial charge in [0.15, 0.2) is 0 Å². The molecule has 0 rings (SSSR count). The lowest BCUT2D eigenvalue weighted by molar-refractivity contribution is -0.139. The molecule has 0 spiro atoms. The Bertz CT molecular complexity index is 600. The molecule has 9 nitrogen and oxygen atoms in total. The molecule has 0 saturated heterocycles. The van der Waals surface area contributed by atoms with Crippen molar-refractivity contribution in [1.82, 2.24) is 0 Å². The zero-order chi connectivity index (χ0) is 25.5. The fourth-order valence-electron chi connectivity index (χ4n) is 2.95. The molecule has 1 unspecified atom stereocenters. The molecular formula is C24H46NO8P. The Labute approximate surface area is 205 Å². The van der Waals surface area contributed by atoms with E-state index in [-0.39, 0.29) is 13.2 Å². The molecule has 0 fully saturated rings. The van der Waals surface area contributed by atoms with Crippen LogP contribution in [-0.2, 0) is 23.1 Å². The van der Waals surface area contributed by atoms with E-state index in [0.717, 1.165) is 32.1 Å². The third-order valence-electron chi connectivity index (χ3n) is 5.06. The number of unbranched alkanes of at least 4 members (excludes halogenated alkanes) is 9. The third-order valence-corrected chi connectivity index (χ3v) is 6.01. The molecule has 0 saturated carbocycles. The molecule has 200 valence electrons. The van der Waals surface area contributed by atoms with Crippen LogP contribution in [0.5, 0.6) is 0 Å². The van der Waals surface area contributed by atoms with Crippen LogP contribution in [0, 0.1) is 0 Å². The summed E-state index contributed by atoms with van der Waals surface area (Å²) in [7, 11) is -4.47. The highest BCUT2D eigenvalue weighted by atomic mass is 31.2. The Hall–Kier alpha value is -1.06. The number of carboxylic acids is 1. The second-order valence-electron chi connectivity index (χ2n) is 8.26. The molecule has 0 aliphatic carbocycles. The smallest absolute Gasteiger partial charge is 0.472 e. The van der Waals surface area contributed by atoms with Crippen LogP contribution in [0.25, 0.3) is 0 Å². The normalized spacial score (nSPS) is 15.6. The van der Waals surface area contributed by atoms with E-state index in [1.807, 2.05) is 0 Å². The fourth-order valence-corrected chi connectivity index (χ4v) is 3.73. The highest BCUT2D eigenvalue weighted by molar-refractivity contribution is 7.47. The minimum Gasteiger partial charge on any atom is -0.480 e. The molecule has 0 amide bonds. The van der Waals surface area contributed by atoms with E-state index in [9.17, 15) is 19.4 Å². The van der Waals surface area contributed by atoms with E-state index >= 15 is 0 Å². The van der Waals surface area contributed by atoms with E-state index in [1.54, 1.807) is 0 Å². The quantitative estimate of drug-likeness (QED) is 0.0827. The van der Waals surface area contributed by atoms with Crippen molar-refractivity contribution in [2.24, 2.45) is 5.73 Å². The lowest BCUT2D eigenvalue weighted by atomic mass is 10.1. The second kappa shape index (κ2) is 22.4. The van der Waals surface area contributed by atoms with E-state index in [2.05, 4.69) is 35.8 Å². The van der Waals surface area contributed by atoms with Gasteiger partial charge in [0.05, 0.1) is 19.8 Å². The zero-order valence-electron chi connectivity index (χ0n) is 20.7. The van der Waals surface area contributed by atoms with Gasteiger partial charge in [0.2, 0.25) is 0 Å². The van der Waals surface area contributed by atoms with Crippen molar-refractivity contribution in [1.29, 1.82) is 0 Å². The number of aliphatic hydroxyl groups is 1. The molecule has 0 aromatic rings. The zero-order valence-corrected chi connectivity index (χ0v) is 21.6. The number of hydrogen-bond acceptors (Lipinski definition) is 7. The largest absolute Gasteiger partial charge is 0.480 e. The summed E-state index contributed by atoms with van der Waals surface area (Å²) in [5.41, 5.74) is 5.20. The van der Waals surface area contributed by atoms with Gasteiger partial charge in [0.1, 0.15) is 12.1 Å². The van der Waals surface area contributed by atoms with Gasteiger partial charge < -0.3 is 25.6 Å². The minimum atomic E-state index is -4.47. The molecule has 0 aliphatic heterocycles. The number of phosphoric acid groups is 1. The number of ether oxygens (including phenoxy) is 1. The Morgan fingerprint density at radius 2 is 1.47 bits per heavy atom. The number of rotatable bonds is 24. The summed E-state index contributed by atoms with van der Waals surface area (Å²) < 4.78 is 26.5. The Kier molecular flexibility index (Phi) is 21.7. The van der Waals surface area contributed by atoms with Crippen molar-refractivity contribution in [3.8, 4) is 0 Å². The van der Waals surface area contributed by atoms with Gasteiger partial charge in [-0.15, -0.1) is 0 Å². The van der Waals surface area contributed by atoms with E-state index in [4.69, 9.17) is 20.1 Å². The van der Waals surface area contributed by atoms with Crippen molar-refractivity contribution >= 4 is 13.8 Å². The van der Waals surface area contributed by atoms with Gasteiger partial charge in [-0.1, -0.05) is 69.8 Å². The lowest BCUT2D eigenvalue weighted by Gasteiger charge is -2.18. The predicted molar refractivity (Wildman–Crippen MR) is 134 cm³/mol. The van der Waals surface area contributed by atoms with Gasteiger partial charge in [-0.3, -0.25) is 13.8 Å². The maximum absolute atomic E-state index is 11.7. The average molecular weight is 508 g/mol. The monoisotopic (exact) mass is 507 g/mol. The van der Waals surface area contributed by atoms with E-state index < -0.39 is 32.5 Å². The molecule has 0 radical (unpaired) electrons. The van der Waals surface area contributed by atoms with Gasteiger partial charge >= 0.3 is 13.8 Å². The van der Waals surface area contributed by atoms with Crippen LogP contribution in [0.3, 0.4) is 0 Å². The summed E-state index contributed by atoms with van der Waals surface area (Å²) in [4.78, 5) is 20.1. The summed E-state index contributed by atoms with van der Waals surface area (Å²) in [6.07, 6.45) is 21.9. The Morgan fingerprint density at radius 1 is 0.912 bits per heavy atom. The second-order valence-corrected chi connectivity index (χ2v) is 9.72. The summed E-state index contributed by atoms with van der Waals surface area (Å²) >= 11 is 0. The molecule has 0 aromatic carbocycles. The maximum Gasteiger partial charge on any atom is 0.472 e. The van der Waals surface area contributed by atoms with Crippen molar-refractivity contribution in [3.05, 3.63) is 24.3 Å². The highest BCUT2D eigenvalue weighted by Crippen LogP contribution is 2.43. The van der Waals surface area contributed by atoms with Crippen LogP contribution in [0.2, 0.25) is 0 Å². The standard InChI is InChI=1S/C24H46NO8P/c1-2-3-4-5-6-7-8-9-10-11-12-13-14-15-16-17-18-31-22(19-26)20-32-34(29,30)33-21-23(25)24(27)28/h6-7,9-10,22-23,26H,2-5,8,11-21,25H2,1H3,(H,27,28)(H,29,30)/t22-,23-/m0/s1. The topological polar surface area (TPSA) is 149 Å². The van der Waals surface area contributed by atoms with Gasteiger partial charge in [-0.2, -0.15) is 0 Å². The number of carbonyl (C=O) groups is 1. The van der Waals surface area contributed by atoms with Crippen LogP contribution in [-0.4, -0.2) is 59.6 Å². The first kappa shape index (κ1) is 32.9. The molecule has 5 N–H and O–H groups in total. The molecule has 10 heteroatoms. The van der Waals surface area contributed by atoms with Gasteiger partial charge in [0, 0.05) is 6.61 Å². The molecule has 0 aliphatic rings. The minimum absolute atomic E-state index is 0.352. The van der Waals surface area contributed by atoms with Crippen LogP contribution in [0.4, 0.5) is 0 Å².